The number of rotatable bonds is 7. The van der Waals surface area contributed by atoms with Gasteiger partial charge >= 0.3 is 6.03 Å². The number of aliphatic hydroxyl groups excluding tert-OH is 1. The number of nitrogens with zero attached hydrogens (tertiary/aromatic N) is 2. The van der Waals surface area contributed by atoms with E-state index in [4.69, 9.17) is 0 Å². The van der Waals surface area contributed by atoms with Gasteiger partial charge in [-0.25, -0.2) is 9.78 Å². The molecule has 0 fully saturated rings. The van der Waals surface area contributed by atoms with Crippen molar-refractivity contribution in [3.05, 3.63) is 36.7 Å². The molecule has 0 saturated carbocycles. The smallest absolute Gasteiger partial charge is 0.319 e. The molecule has 1 heterocycles. The number of carbonyl (C=O) groups is 1. The van der Waals surface area contributed by atoms with Gasteiger partial charge in [0.25, 0.3) is 0 Å². The van der Waals surface area contributed by atoms with Gasteiger partial charge in [0.05, 0.1) is 6.10 Å². The number of nitrogens with one attached hydrogen (secondary N) is 2. The first-order valence-corrected chi connectivity index (χ1v) is 8.35. The third-order valence-corrected chi connectivity index (χ3v) is 4.26. The van der Waals surface area contributed by atoms with Gasteiger partial charge in [0.2, 0.25) is 0 Å². The van der Waals surface area contributed by atoms with Crippen LogP contribution in [0.15, 0.2) is 36.7 Å². The second-order valence-corrected chi connectivity index (χ2v) is 5.92. The molecular weight excluding hydrogens is 304 g/mol. The van der Waals surface area contributed by atoms with Crippen molar-refractivity contribution in [2.24, 2.45) is 13.0 Å². The summed E-state index contributed by atoms with van der Waals surface area (Å²) < 4.78 is 1.92. The van der Waals surface area contributed by atoms with Crippen LogP contribution in [0.4, 0.5) is 10.5 Å². The molecule has 6 heteroatoms. The summed E-state index contributed by atoms with van der Waals surface area (Å²) >= 11 is 0. The van der Waals surface area contributed by atoms with E-state index >= 15 is 0 Å². The Morgan fingerprint density at radius 2 is 2.08 bits per heavy atom. The summed E-state index contributed by atoms with van der Waals surface area (Å²) in [6, 6.07) is 7.20. The molecule has 2 amide bonds. The van der Waals surface area contributed by atoms with Crippen molar-refractivity contribution in [1.29, 1.82) is 0 Å². The number of hydrogen-bond donors (Lipinski definition) is 3. The molecule has 1 aromatic carbocycles. The SMILES string of the molecule is CCC(CC)[C@H](O)CNC(=O)Nc1cccc(-c2nccn2C)c1. The van der Waals surface area contributed by atoms with E-state index in [1.165, 1.54) is 0 Å². The zero-order chi connectivity index (χ0) is 17.5. The topological polar surface area (TPSA) is 79.2 Å². The summed E-state index contributed by atoms with van der Waals surface area (Å²) in [5.41, 5.74) is 1.61. The van der Waals surface area contributed by atoms with Crippen LogP contribution >= 0.6 is 0 Å². The summed E-state index contributed by atoms with van der Waals surface area (Å²) in [7, 11) is 1.93. The van der Waals surface area contributed by atoms with Crippen LogP contribution in [0.2, 0.25) is 0 Å². The maximum Gasteiger partial charge on any atom is 0.319 e. The van der Waals surface area contributed by atoms with E-state index in [0.29, 0.717) is 5.69 Å². The fourth-order valence-corrected chi connectivity index (χ4v) is 2.75. The molecule has 0 aliphatic heterocycles. The third kappa shape index (κ3) is 4.58. The van der Waals surface area contributed by atoms with Crippen LogP contribution in [-0.2, 0) is 7.05 Å². The number of aliphatic hydroxyl groups is 1. The van der Waals surface area contributed by atoms with Gasteiger partial charge in [-0.05, 0) is 18.1 Å². The predicted octanol–water partition coefficient (Wildman–Crippen LogP) is 3.01. The van der Waals surface area contributed by atoms with Crippen LogP contribution in [0.5, 0.6) is 0 Å². The maximum absolute atomic E-state index is 12.0. The first-order chi connectivity index (χ1) is 11.5. The molecule has 0 radical (unpaired) electrons. The first kappa shape index (κ1) is 18.0. The zero-order valence-corrected chi connectivity index (χ0v) is 14.5. The van der Waals surface area contributed by atoms with Gasteiger partial charge in [0, 0.05) is 37.2 Å². The Bertz CT molecular complexity index is 665. The quantitative estimate of drug-likeness (QED) is 0.730. The second-order valence-electron chi connectivity index (χ2n) is 5.92. The molecule has 0 unspecified atom stereocenters. The van der Waals surface area contributed by atoms with E-state index in [0.717, 1.165) is 24.2 Å². The van der Waals surface area contributed by atoms with Crippen LogP contribution < -0.4 is 10.6 Å². The molecular formula is C18H26N4O2. The van der Waals surface area contributed by atoms with Crippen molar-refractivity contribution in [3.8, 4) is 11.4 Å². The Balaban J connectivity index is 1.94. The average molecular weight is 330 g/mol. The van der Waals surface area contributed by atoms with Gasteiger partial charge in [0.15, 0.2) is 0 Å². The Morgan fingerprint density at radius 1 is 1.33 bits per heavy atom. The number of amides is 2. The fraction of sp³-hybridized carbons (Fsp3) is 0.444. The molecule has 1 aromatic heterocycles. The minimum atomic E-state index is -0.523. The van der Waals surface area contributed by atoms with Crippen molar-refractivity contribution in [2.45, 2.75) is 32.8 Å². The van der Waals surface area contributed by atoms with Crippen molar-refractivity contribution >= 4 is 11.7 Å². The van der Waals surface area contributed by atoms with E-state index in [2.05, 4.69) is 15.6 Å². The van der Waals surface area contributed by atoms with Gasteiger partial charge in [-0.1, -0.05) is 38.8 Å². The number of anilines is 1. The highest BCUT2D eigenvalue weighted by molar-refractivity contribution is 5.89. The Morgan fingerprint density at radius 3 is 2.71 bits per heavy atom. The number of hydrogen-bond acceptors (Lipinski definition) is 3. The Kier molecular flexibility index (Phi) is 6.37. The number of carbonyl (C=O) groups excluding carboxylic acids is 1. The molecule has 24 heavy (non-hydrogen) atoms. The highest BCUT2D eigenvalue weighted by Gasteiger charge is 2.16. The van der Waals surface area contributed by atoms with Crippen LogP contribution in [0.25, 0.3) is 11.4 Å². The molecule has 0 aliphatic carbocycles. The Hall–Kier alpha value is -2.34. The van der Waals surface area contributed by atoms with Crippen LogP contribution in [-0.4, -0.2) is 33.3 Å². The molecule has 0 saturated heterocycles. The lowest BCUT2D eigenvalue weighted by molar-refractivity contribution is 0.104. The third-order valence-electron chi connectivity index (χ3n) is 4.26. The van der Waals surface area contributed by atoms with Crippen molar-refractivity contribution < 1.29 is 9.90 Å². The number of benzene rings is 1. The largest absolute Gasteiger partial charge is 0.391 e. The highest BCUT2D eigenvalue weighted by Crippen LogP contribution is 2.20. The van der Waals surface area contributed by atoms with Crippen molar-refractivity contribution in [3.63, 3.8) is 0 Å². The fourth-order valence-electron chi connectivity index (χ4n) is 2.75. The number of aryl methyl sites for hydroxylation is 1. The summed E-state index contributed by atoms with van der Waals surface area (Å²) in [5, 5.41) is 15.6. The molecule has 2 aromatic rings. The standard InChI is InChI=1S/C18H26N4O2/c1-4-13(5-2)16(23)12-20-18(24)21-15-8-6-7-14(11-15)17-19-9-10-22(17)3/h6-11,13,16,23H,4-5,12H2,1-3H3,(H2,20,21,24)/t16-/m1/s1. The first-order valence-electron chi connectivity index (χ1n) is 8.35. The maximum atomic E-state index is 12.0. The molecule has 2 rings (SSSR count). The van der Waals surface area contributed by atoms with E-state index in [9.17, 15) is 9.90 Å². The molecule has 0 aliphatic rings. The van der Waals surface area contributed by atoms with Crippen LogP contribution in [0, 0.1) is 5.92 Å². The predicted molar refractivity (Wildman–Crippen MR) is 95.7 cm³/mol. The summed E-state index contributed by atoms with van der Waals surface area (Å²) in [4.78, 5) is 16.3. The molecule has 3 N–H and O–H groups in total. The molecule has 0 spiro atoms. The molecule has 6 nitrogen and oxygen atoms in total. The van der Waals surface area contributed by atoms with Crippen LogP contribution in [0.3, 0.4) is 0 Å². The molecule has 1 atom stereocenters. The van der Waals surface area contributed by atoms with E-state index < -0.39 is 6.10 Å². The van der Waals surface area contributed by atoms with Crippen molar-refractivity contribution in [1.82, 2.24) is 14.9 Å². The van der Waals surface area contributed by atoms with Gasteiger partial charge < -0.3 is 20.3 Å². The summed E-state index contributed by atoms with van der Waals surface area (Å²) in [5.74, 6) is 1.04. The minimum Gasteiger partial charge on any atom is -0.391 e. The normalized spacial score (nSPS) is 12.2. The lowest BCUT2D eigenvalue weighted by Gasteiger charge is -2.20. The van der Waals surface area contributed by atoms with E-state index in [-0.39, 0.29) is 18.5 Å². The van der Waals surface area contributed by atoms with Gasteiger partial charge in [-0.15, -0.1) is 0 Å². The van der Waals surface area contributed by atoms with Gasteiger partial charge in [-0.2, -0.15) is 0 Å². The Labute approximate surface area is 142 Å². The number of imidazole rings is 1. The van der Waals surface area contributed by atoms with Gasteiger partial charge in [-0.3, -0.25) is 0 Å². The van der Waals surface area contributed by atoms with Crippen LogP contribution in [0.1, 0.15) is 26.7 Å². The molecule has 130 valence electrons. The van der Waals surface area contributed by atoms with E-state index in [1.807, 2.05) is 55.9 Å². The second kappa shape index (κ2) is 8.49. The number of aromatic nitrogens is 2. The zero-order valence-electron chi connectivity index (χ0n) is 14.5. The minimum absolute atomic E-state index is 0.206. The van der Waals surface area contributed by atoms with Gasteiger partial charge in [0.1, 0.15) is 5.82 Å². The highest BCUT2D eigenvalue weighted by atomic mass is 16.3. The molecule has 0 bridgehead atoms. The lowest BCUT2D eigenvalue weighted by atomic mass is 9.97. The number of urea groups is 1. The summed E-state index contributed by atoms with van der Waals surface area (Å²) in [6.45, 7) is 4.33. The van der Waals surface area contributed by atoms with Crippen molar-refractivity contribution in [2.75, 3.05) is 11.9 Å². The lowest BCUT2D eigenvalue weighted by Crippen LogP contribution is -2.38. The van der Waals surface area contributed by atoms with E-state index in [1.54, 1.807) is 6.20 Å². The monoisotopic (exact) mass is 330 g/mol. The average Bonchev–Trinajstić information content (AvgIpc) is 3.00. The summed E-state index contributed by atoms with van der Waals surface area (Å²) in [6.07, 6.45) is 4.88.